The van der Waals surface area contributed by atoms with Gasteiger partial charge in [-0.3, -0.25) is 19.2 Å². The molecule has 1 aliphatic heterocycles. The summed E-state index contributed by atoms with van der Waals surface area (Å²) in [6.07, 6.45) is 6.84. The molecule has 1 heterocycles. The van der Waals surface area contributed by atoms with Gasteiger partial charge in [-0.05, 0) is 60.4 Å². The third-order valence-corrected chi connectivity index (χ3v) is 10.2. The second kappa shape index (κ2) is 17.3. The Morgan fingerprint density at radius 3 is 2.30 bits per heavy atom. The number of carbonyl (C=O) groups is 4. The Labute approximate surface area is 276 Å². The maximum atomic E-state index is 14.0. The van der Waals surface area contributed by atoms with Crippen LogP contribution in [0.3, 0.4) is 0 Å². The van der Waals surface area contributed by atoms with Crippen molar-refractivity contribution in [3.8, 4) is 0 Å². The van der Waals surface area contributed by atoms with Crippen molar-refractivity contribution in [1.29, 1.82) is 0 Å². The molecule has 2 unspecified atom stereocenters. The van der Waals surface area contributed by atoms with Crippen LogP contribution in [0.4, 0.5) is 5.69 Å². The zero-order valence-electron chi connectivity index (χ0n) is 26.8. The molecule has 0 radical (unpaired) electrons. The van der Waals surface area contributed by atoms with E-state index in [0.717, 1.165) is 37.7 Å². The number of likely N-dealkylation sites (tertiary alicyclic amines) is 1. The lowest BCUT2D eigenvalue weighted by Gasteiger charge is -2.31. The number of rotatable bonds is 16. The van der Waals surface area contributed by atoms with Crippen LogP contribution < -0.4 is 21.1 Å². The van der Waals surface area contributed by atoms with Crippen molar-refractivity contribution >= 4 is 39.4 Å². The van der Waals surface area contributed by atoms with Gasteiger partial charge >= 0.3 is 5.97 Å². The molecule has 12 nitrogen and oxygen atoms in total. The van der Waals surface area contributed by atoms with Gasteiger partial charge < -0.3 is 26.4 Å². The number of nitrogens with one attached hydrogen (secondary N) is 3. The number of anilines is 1. The van der Waals surface area contributed by atoms with Crippen LogP contribution in [0.2, 0.25) is 0 Å². The van der Waals surface area contributed by atoms with Gasteiger partial charge in [0.1, 0.15) is 12.1 Å². The number of benzene rings is 2. The lowest BCUT2D eigenvalue weighted by Crippen LogP contribution is -2.54. The van der Waals surface area contributed by atoms with E-state index < -0.39 is 28.1 Å². The largest absolute Gasteiger partial charge is 0.481 e. The molecule has 47 heavy (non-hydrogen) atoms. The number of hydrogen-bond acceptors (Lipinski definition) is 7. The van der Waals surface area contributed by atoms with E-state index >= 15 is 0 Å². The van der Waals surface area contributed by atoms with Crippen molar-refractivity contribution < 1.29 is 32.7 Å². The molecule has 2 aromatic rings. The van der Waals surface area contributed by atoms with Crippen LogP contribution in [-0.2, 0) is 48.0 Å². The Balaban J connectivity index is 1.40. The summed E-state index contributed by atoms with van der Waals surface area (Å²) in [5, 5.41) is 14.4. The van der Waals surface area contributed by atoms with Gasteiger partial charge in [0, 0.05) is 38.2 Å². The number of hydrogen-bond donors (Lipinski definition) is 5. The number of nitrogens with two attached hydrogens (primary N) is 1. The van der Waals surface area contributed by atoms with Crippen molar-refractivity contribution in [1.82, 2.24) is 20.3 Å². The summed E-state index contributed by atoms with van der Waals surface area (Å²) >= 11 is 0. The normalized spacial score (nSPS) is 17.6. The third-order valence-electron chi connectivity index (χ3n) is 8.83. The van der Waals surface area contributed by atoms with Gasteiger partial charge in [0.25, 0.3) is 0 Å². The Bertz CT molecular complexity index is 1490. The molecule has 2 atom stereocenters. The van der Waals surface area contributed by atoms with E-state index in [0.29, 0.717) is 49.2 Å². The number of nitrogens with zero attached hydrogens (tertiary/aromatic N) is 1. The van der Waals surface area contributed by atoms with Crippen molar-refractivity contribution in [2.75, 3.05) is 12.3 Å². The molecule has 1 saturated heterocycles. The van der Waals surface area contributed by atoms with Crippen LogP contribution in [0, 0.1) is 5.92 Å². The Morgan fingerprint density at radius 1 is 0.872 bits per heavy atom. The van der Waals surface area contributed by atoms with Gasteiger partial charge in [0.15, 0.2) is 0 Å². The summed E-state index contributed by atoms with van der Waals surface area (Å²) in [4.78, 5) is 51.5. The van der Waals surface area contributed by atoms with Gasteiger partial charge in [-0.15, -0.1) is 0 Å². The van der Waals surface area contributed by atoms with Crippen molar-refractivity contribution in [2.24, 2.45) is 5.92 Å². The van der Waals surface area contributed by atoms with Crippen molar-refractivity contribution in [2.45, 2.75) is 102 Å². The Hall–Kier alpha value is -3.97. The highest BCUT2D eigenvalue weighted by Crippen LogP contribution is 2.29. The van der Waals surface area contributed by atoms with E-state index in [2.05, 4.69) is 15.4 Å². The highest BCUT2D eigenvalue weighted by atomic mass is 32.2. The quantitative estimate of drug-likeness (QED) is 0.169. The minimum atomic E-state index is -3.97. The average molecular weight is 670 g/mol. The maximum absolute atomic E-state index is 14.0. The summed E-state index contributed by atoms with van der Waals surface area (Å²) in [6.45, 7) is 0.849. The lowest BCUT2D eigenvalue weighted by atomic mass is 9.84. The first kappa shape index (κ1) is 35.9. The SMILES string of the molecule is Nc1ccc(CNC(=O)C2CCCN2C(=O)C(CC2CCCCC2)NS(=O)(=O)Cc2cccc(CNC(=O)CCCC(=O)O)c2)cc1. The molecule has 1 aliphatic carbocycles. The van der Waals surface area contributed by atoms with Gasteiger partial charge in [-0.25, -0.2) is 13.1 Å². The third kappa shape index (κ3) is 11.7. The van der Waals surface area contributed by atoms with E-state index in [-0.39, 0.29) is 55.2 Å². The van der Waals surface area contributed by atoms with Crippen molar-refractivity contribution in [3.05, 3.63) is 65.2 Å². The van der Waals surface area contributed by atoms with Crippen LogP contribution in [0.25, 0.3) is 0 Å². The molecule has 2 fully saturated rings. The number of sulfonamides is 1. The molecule has 2 aromatic carbocycles. The van der Waals surface area contributed by atoms with Crippen molar-refractivity contribution in [3.63, 3.8) is 0 Å². The molecule has 0 bridgehead atoms. The standard InChI is InChI=1S/C34H47N5O7S/c35-28-16-14-25(15-17-28)21-37-33(43)30-11-6-18-39(30)34(44)29(20-24-7-2-1-3-8-24)38-47(45,46)23-27-10-4-9-26(19-27)22-36-31(40)12-5-13-32(41)42/h4,9-10,14-17,19,24,29-30,38H,1-3,5-8,11-13,18,20-23,35H2,(H,36,40)(H,37,43)(H,41,42). The fraction of sp³-hybridized carbons (Fsp3) is 0.529. The molecule has 6 N–H and O–H groups in total. The summed E-state index contributed by atoms with van der Waals surface area (Å²) in [5.74, 6) is -2.02. The van der Waals surface area contributed by atoms with Crippen LogP contribution in [0.15, 0.2) is 48.5 Å². The molecule has 256 valence electrons. The Morgan fingerprint density at radius 2 is 1.57 bits per heavy atom. The second-order valence-corrected chi connectivity index (χ2v) is 14.4. The minimum absolute atomic E-state index is 0.0861. The number of aliphatic carboxylic acids is 1. The summed E-state index contributed by atoms with van der Waals surface area (Å²) in [7, 11) is -3.97. The first-order chi connectivity index (χ1) is 22.5. The predicted molar refractivity (Wildman–Crippen MR) is 178 cm³/mol. The van der Waals surface area contributed by atoms with E-state index in [9.17, 15) is 27.6 Å². The molecule has 2 aliphatic rings. The first-order valence-electron chi connectivity index (χ1n) is 16.5. The topological polar surface area (TPSA) is 188 Å². The van der Waals surface area contributed by atoms with E-state index in [4.69, 9.17) is 10.8 Å². The number of amides is 3. The summed E-state index contributed by atoms with van der Waals surface area (Å²) in [5.41, 5.74) is 8.46. The molecule has 3 amide bonds. The highest BCUT2D eigenvalue weighted by Gasteiger charge is 2.39. The number of carboxylic acid groups (broad SMARTS) is 1. The zero-order chi connectivity index (χ0) is 33.8. The fourth-order valence-electron chi connectivity index (χ4n) is 6.40. The maximum Gasteiger partial charge on any atom is 0.303 e. The van der Waals surface area contributed by atoms with Crippen LogP contribution in [0.1, 0.15) is 87.3 Å². The molecular weight excluding hydrogens is 622 g/mol. The van der Waals surface area contributed by atoms with Gasteiger partial charge in [0.2, 0.25) is 27.7 Å². The fourth-order valence-corrected chi connectivity index (χ4v) is 7.73. The van der Waals surface area contributed by atoms with Gasteiger partial charge in [-0.2, -0.15) is 0 Å². The predicted octanol–water partition coefficient (Wildman–Crippen LogP) is 3.21. The lowest BCUT2D eigenvalue weighted by molar-refractivity contribution is -0.140. The van der Waals surface area contributed by atoms with Gasteiger partial charge in [0.05, 0.1) is 5.75 Å². The molecule has 0 aromatic heterocycles. The Kier molecular flexibility index (Phi) is 13.2. The number of carbonyl (C=O) groups excluding carboxylic acids is 3. The molecular formula is C34H47N5O7S. The van der Waals surface area contributed by atoms with Crippen LogP contribution in [0.5, 0.6) is 0 Å². The minimum Gasteiger partial charge on any atom is -0.481 e. The van der Waals surface area contributed by atoms with E-state index in [1.807, 2.05) is 12.1 Å². The molecule has 0 spiro atoms. The molecule has 4 rings (SSSR count). The summed E-state index contributed by atoms with van der Waals surface area (Å²) in [6, 6.07) is 12.4. The zero-order valence-corrected chi connectivity index (χ0v) is 27.6. The number of nitrogen functional groups attached to an aromatic ring is 1. The highest BCUT2D eigenvalue weighted by molar-refractivity contribution is 7.88. The van der Waals surface area contributed by atoms with Crippen LogP contribution in [-0.4, -0.2) is 60.7 Å². The van der Waals surface area contributed by atoms with E-state index in [1.165, 1.54) is 4.90 Å². The summed E-state index contributed by atoms with van der Waals surface area (Å²) < 4.78 is 29.8. The van der Waals surface area contributed by atoms with E-state index in [1.54, 1.807) is 36.4 Å². The van der Waals surface area contributed by atoms with Crippen LogP contribution >= 0.6 is 0 Å². The molecule has 1 saturated carbocycles. The average Bonchev–Trinajstić information content (AvgIpc) is 3.53. The monoisotopic (exact) mass is 669 g/mol. The second-order valence-electron chi connectivity index (χ2n) is 12.7. The molecule has 13 heteroatoms. The smallest absolute Gasteiger partial charge is 0.303 e. The number of carboxylic acids is 1. The van der Waals surface area contributed by atoms with Gasteiger partial charge in [-0.1, -0.05) is 68.5 Å². The first-order valence-corrected chi connectivity index (χ1v) is 18.1.